The first kappa shape index (κ1) is 13.1. The van der Waals surface area contributed by atoms with Crippen LogP contribution in [-0.2, 0) is 9.84 Å². The molecule has 2 aromatic rings. The molecule has 0 unspecified atom stereocenters. The molecule has 5 nitrogen and oxygen atoms in total. The first-order valence-corrected chi connectivity index (χ1v) is 8.05. The van der Waals surface area contributed by atoms with E-state index in [9.17, 15) is 17.6 Å². The number of sulfone groups is 1. The van der Waals surface area contributed by atoms with Gasteiger partial charge < -0.3 is 10.3 Å². The highest BCUT2D eigenvalue weighted by atomic mass is 32.2. The maximum absolute atomic E-state index is 13.1. The molecule has 1 aromatic heterocycles. The van der Waals surface area contributed by atoms with Crippen molar-refractivity contribution in [2.45, 2.75) is 12.5 Å². The van der Waals surface area contributed by atoms with Crippen LogP contribution < -0.4 is 5.32 Å². The van der Waals surface area contributed by atoms with Gasteiger partial charge in [-0.15, -0.1) is 0 Å². The molecule has 1 fully saturated rings. The Balaban J connectivity index is 1.79. The summed E-state index contributed by atoms with van der Waals surface area (Å²) in [6.45, 7) is 0. The van der Waals surface area contributed by atoms with Gasteiger partial charge in [-0.2, -0.15) is 0 Å². The van der Waals surface area contributed by atoms with Gasteiger partial charge in [0.25, 0.3) is 5.91 Å². The number of fused-ring (bicyclic) bond motifs is 1. The van der Waals surface area contributed by atoms with Crippen LogP contribution in [-0.4, -0.2) is 36.9 Å². The van der Waals surface area contributed by atoms with E-state index in [2.05, 4.69) is 10.3 Å². The van der Waals surface area contributed by atoms with Crippen LogP contribution in [0, 0.1) is 5.82 Å². The van der Waals surface area contributed by atoms with Gasteiger partial charge >= 0.3 is 0 Å². The first-order chi connectivity index (χ1) is 9.43. The quantitative estimate of drug-likeness (QED) is 0.874. The summed E-state index contributed by atoms with van der Waals surface area (Å²) < 4.78 is 35.8. The molecule has 106 valence electrons. The van der Waals surface area contributed by atoms with Crippen LogP contribution in [0.5, 0.6) is 0 Å². The molecule has 0 saturated carbocycles. The summed E-state index contributed by atoms with van der Waals surface area (Å²) in [7, 11) is -3.03. The van der Waals surface area contributed by atoms with Crippen molar-refractivity contribution in [3.63, 3.8) is 0 Å². The Bertz CT molecular complexity index is 782. The molecule has 1 aromatic carbocycles. The number of H-pyrrole nitrogens is 1. The molecule has 1 saturated heterocycles. The van der Waals surface area contributed by atoms with Crippen LogP contribution in [0.15, 0.2) is 24.3 Å². The molecule has 1 aliphatic heterocycles. The van der Waals surface area contributed by atoms with Gasteiger partial charge in [0.2, 0.25) is 0 Å². The lowest BCUT2D eigenvalue weighted by Gasteiger charge is -2.09. The third-order valence-electron chi connectivity index (χ3n) is 3.40. The van der Waals surface area contributed by atoms with Crippen LogP contribution in [0.2, 0.25) is 0 Å². The van der Waals surface area contributed by atoms with E-state index < -0.39 is 9.84 Å². The third-order valence-corrected chi connectivity index (χ3v) is 5.16. The highest BCUT2D eigenvalue weighted by Crippen LogP contribution is 2.17. The maximum atomic E-state index is 13.1. The van der Waals surface area contributed by atoms with Crippen LogP contribution in [0.25, 0.3) is 10.9 Å². The summed E-state index contributed by atoms with van der Waals surface area (Å²) in [5.41, 5.74) is 0.963. The van der Waals surface area contributed by atoms with Crippen molar-refractivity contribution in [3.05, 3.63) is 35.8 Å². The van der Waals surface area contributed by atoms with E-state index in [1.165, 1.54) is 12.1 Å². The monoisotopic (exact) mass is 296 g/mol. The lowest BCUT2D eigenvalue weighted by atomic mass is 10.2. The van der Waals surface area contributed by atoms with E-state index in [0.717, 1.165) is 0 Å². The smallest absolute Gasteiger partial charge is 0.267 e. The molecule has 7 heteroatoms. The fraction of sp³-hybridized carbons (Fsp3) is 0.308. The standard InChI is InChI=1S/C13H13FN2O3S/c14-9-1-2-11-8(5-9)6-12(16-11)13(17)15-10-3-4-20(18,19)7-10/h1-2,5-6,10,16H,3-4,7H2,(H,15,17)/t10-/m1/s1. The minimum Gasteiger partial charge on any atom is -0.351 e. The zero-order valence-corrected chi connectivity index (χ0v) is 11.3. The summed E-state index contributed by atoms with van der Waals surface area (Å²) in [6, 6.07) is 5.40. The van der Waals surface area contributed by atoms with Gasteiger partial charge in [-0.1, -0.05) is 0 Å². The summed E-state index contributed by atoms with van der Waals surface area (Å²) >= 11 is 0. The second kappa shape index (κ2) is 4.59. The van der Waals surface area contributed by atoms with Gasteiger partial charge in [-0.3, -0.25) is 4.79 Å². The molecule has 2 N–H and O–H groups in total. The molecular weight excluding hydrogens is 283 g/mol. The van der Waals surface area contributed by atoms with Crippen molar-refractivity contribution in [2.75, 3.05) is 11.5 Å². The molecule has 0 bridgehead atoms. The van der Waals surface area contributed by atoms with Gasteiger partial charge in [-0.25, -0.2) is 12.8 Å². The number of carbonyl (C=O) groups is 1. The fourth-order valence-corrected chi connectivity index (χ4v) is 4.07. The number of halogens is 1. The van der Waals surface area contributed by atoms with Crippen molar-refractivity contribution >= 4 is 26.6 Å². The number of rotatable bonds is 2. The minimum absolute atomic E-state index is 0.0202. The van der Waals surface area contributed by atoms with E-state index >= 15 is 0 Å². The molecule has 0 radical (unpaired) electrons. The lowest BCUT2D eigenvalue weighted by Crippen LogP contribution is -2.35. The maximum Gasteiger partial charge on any atom is 0.267 e. The fourth-order valence-electron chi connectivity index (χ4n) is 2.40. The normalized spacial score (nSPS) is 21.1. The minimum atomic E-state index is -3.03. The number of aromatic amines is 1. The number of carbonyl (C=O) groups excluding carboxylic acids is 1. The third kappa shape index (κ3) is 2.53. The van der Waals surface area contributed by atoms with Gasteiger partial charge in [0, 0.05) is 16.9 Å². The number of nitrogens with one attached hydrogen (secondary N) is 2. The number of hydrogen-bond donors (Lipinski definition) is 2. The second-order valence-corrected chi connectivity index (χ2v) is 7.22. The van der Waals surface area contributed by atoms with E-state index in [1.807, 2.05) is 0 Å². The van der Waals surface area contributed by atoms with Gasteiger partial charge in [0.05, 0.1) is 11.5 Å². The molecule has 1 amide bonds. The van der Waals surface area contributed by atoms with E-state index in [4.69, 9.17) is 0 Å². The summed E-state index contributed by atoms with van der Waals surface area (Å²) in [6.07, 6.45) is 0.433. The van der Waals surface area contributed by atoms with Crippen LogP contribution in [0.1, 0.15) is 16.9 Å². The predicted molar refractivity (Wildman–Crippen MR) is 72.8 cm³/mol. The molecule has 2 heterocycles. The number of amides is 1. The Morgan fingerprint density at radius 1 is 1.35 bits per heavy atom. The zero-order valence-electron chi connectivity index (χ0n) is 10.5. The van der Waals surface area contributed by atoms with Crippen molar-refractivity contribution in [2.24, 2.45) is 0 Å². The van der Waals surface area contributed by atoms with Crippen molar-refractivity contribution < 1.29 is 17.6 Å². The molecule has 1 aliphatic rings. The predicted octanol–water partition coefficient (Wildman–Crippen LogP) is 1.22. The van der Waals surface area contributed by atoms with Gasteiger partial charge in [-0.05, 0) is 30.7 Å². The van der Waals surface area contributed by atoms with Crippen LogP contribution in [0.3, 0.4) is 0 Å². The van der Waals surface area contributed by atoms with Gasteiger partial charge in [0.1, 0.15) is 11.5 Å². The topological polar surface area (TPSA) is 79.0 Å². The summed E-state index contributed by atoms with van der Waals surface area (Å²) in [4.78, 5) is 14.9. The molecular formula is C13H13FN2O3S. The Morgan fingerprint density at radius 2 is 2.15 bits per heavy atom. The average Bonchev–Trinajstić information content (AvgIpc) is 2.92. The summed E-state index contributed by atoms with van der Waals surface area (Å²) in [5, 5.41) is 3.29. The van der Waals surface area contributed by atoms with Crippen molar-refractivity contribution in [1.29, 1.82) is 0 Å². The molecule has 0 spiro atoms. The Labute approximate surface area is 115 Å². The van der Waals surface area contributed by atoms with Crippen LogP contribution in [0.4, 0.5) is 4.39 Å². The first-order valence-electron chi connectivity index (χ1n) is 6.22. The zero-order chi connectivity index (χ0) is 14.3. The molecule has 0 aliphatic carbocycles. The van der Waals surface area contributed by atoms with E-state index in [1.54, 1.807) is 12.1 Å². The number of aromatic nitrogens is 1. The number of hydrogen-bond acceptors (Lipinski definition) is 3. The highest BCUT2D eigenvalue weighted by molar-refractivity contribution is 7.91. The SMILES string of the molecule is O=C(N[C@@H]1CCS(=O)(=O)C1)c1cc2cc(F)ccc2[nH]1. The van der Waals surface area contributed by atoms with Crippen LogP contribution >= 0.6 is 0 Å². The number of benzene rings is 1. The van der Waals surface area contributed by atoms with E-state index in [-0.39, 0.29) is 29.3 Å². The van der Waals surface area contributed by atoms with Gasteiger partial charge in [0.15, 0.2) is 9.84 Å². The van der Waals surface area contributed by atoms with E-state index in [0.29, 0.717) is 23.0 Å². The molecule has 20 heavy (non-hydrogen) atoms. The molecule has 1 atom stereocenters. The summed E-state index contributed by atoms with van der Waals surface area (Å²) in [5.74, 6) is -0.655. The van der Waals surface area contributed by atoms with Crippen molar-refractivity contribution in [1.82, 2.24) is 10.3 Å². The highest BCUT2D eigenvalue weighted by Gasteiger charge is 2.29. The molecule has 3 rings (SSSR count). The average molecular weight is 296 g/mol. The lowest BCUT2D eigenvalue weighted by molar-refractivity contribution is 0.0937. The largest absolute Gasteiger partial charge is 0.351 e. The second-order valence-electron chi connectivity index (χ2n) is 4.99. The Kier molecular flexibility index (Phi) is 3.01. The van der Waals surface area contributed by atoms with Crippen molar-refractivity contribution in [3.8, 4) is 0 Å². The Hall–Kier alpha value is -1.89. The Morgan fingerprint density at radius 3 is 2.85 bits per heavy atom.